The molecule has 3 heterocycles. The minimum atomic E-state index is -0.655. The predicted octanol–water partition coefficient (Wildman–Crippen LogP) is 4.20. The smallest absolute Gasteiger partial charge is 0.315 e. The minimum absolute atomic E-state index is 0.00167. The molecule has 2 unspecified atom stereocenters. The number of fused-ring (bicyclic) bond motifs is 1. The van der Waals surface area contributed by atoms with E-state index >= 15 is 0 Å². The van der Waals surface area contributed by atoms with Crippen LogP contribution in [0.4, 0.5) is 4.79 Å². The summed E-state index contributed by atoms with van der Waals surface area (Å²) in [6, 6.07) is -0.0472. The lowest BCUT2D eigenvalue weighted by Gasteiger charge is -2.22. The lowest BCUT2D eigenvalue weighted by molar-refractivity contribution is -0.149. The van der Waals surface area contributed by atoms with Crippen LogP contribution in [-0.4, -0.2) is 128 Å². The number of aromatic nitrogens is 1. The Bertz CT molecular complexity index is 1570. The third-order valence-electron chi connectivity index (χ3n) is 9.58. The molecular formula is C41H63BrN6O9S2. The van der Waals surface area contributed by atoms with Gasteiger partial charge in [0.05, 0.1) is 68.3 Å². The van der Waals surface area contributed by atoms with Crippen LogP contribution in [0.15, 0.2) is 39.7 Å². The van der Waals surface area contributed by atoms with Crippen molar-refractivity contribution < 1.29 is 43.3 Å². The lowest BCUT2D eigenvalue weighted by atomic mass is 9.97. The summed E-state index contributed by atoms with van der Waals surface area (Å²) >= 11 is 6.70. The van der Waals surface area contributed by atoms with Crippen LogP contribution in [-0.2, 0) is 39.8 Å². The third kappa shape index (κ3) is 21.3. The van der Waals surface area contributed by atoms with Gasteiger partial charge in [0, 0.05) is 60.7 Å². The zero-order valence-corrected chi connectivity index (χ0v) is 37.9. The summed E-state index contributed by atoms with van der Waals surface area (Å²) in [5, 5.41) is 28.4. The van der Waals surface area contributed by atoms with Gasteiger partial charge in [-0.1, -0.05) is 47.0 Å². The van der Waals surface area contributed by atoms with Gasteiger partial charge < -0.3 is 45.9 Å². The molecule has 15 nitrogen and oxygen atoms in total. The summed E-state index contributed by atoms with van der Waals surface area (Å²) < 4.78 is 17.7. The first-order valence-corrected chi connectivity index (χ1v) is 23.1. The van der Waals surface area contributed by atoms with E-state index in [9.17, 15) is 29.1 Å². The molecule has 2 saturated heterocycles. The van der Waals surface area contributed by atoms with Gasteiger partial charge >= 0.3 is 12.0 Å². The molecule has 0 saturated carbocycles. The van der Waals surface area contributed by atoms with Crippen LogP contribution < -0.4 is 26.6 Å². The molecule has 4 amide bonds. The van der Waals surface area contributed by atoms with Crippen LogP contribution in [0.1, 0.15) is 89.3 Å². The standard InChI is InChI=1S/C41H63BrN6O9S2/c1-27(9-7-8-14-49)19-30(4)57-39(53)22-31(20-28(2)33-25-59-38(46-33)23-32(50)21-29(3)42)45-24-37(52)44-13-16-56-18-17-55-15-12-43-36(51)11-6-5-10-35-40-34(26-58-35)47-41(54)48-40/h7-9,14,21,25,28,30-32,34-35,40,45,50H,5-6,10-13,15-20,22-24,26H2,1-4H3,(H,43,51)(H,44,52)(H2,47,48,54)/b8-7-,27-9+,29-21+/t28-,30?,31+,32+,34-,35?,40-/m0/s1. The van der Waals surface area contributed by atoms with Crippen molar-refractivity contribution >= 4 is 69.1 Å². The summed E-state index contributed by atoms with van der Waals surface area (Å²) in [4.78, 5) is 64.8. The summed E-state index contributed by atoms with van der Waals surface area (Å²) in [6.07, 6.45) is 10.9. The maximum Gasteiger partial charge on any atom is 0.315 e. The molecule has 59 heavy (non-hydrogen) atoms. The molecule has 0 aliphatic carbocycles. The van der Waals surface area contributed by atoms with E-state index in [1.165, 1.54) is 17.4 Å². The first-order chi connectivity index (χ1) is 28.3. The topological polar surface area (TPSA) is 206 Å². The fourth-order valence-corrected chi connectivity index (χ4v) is 9.56. The van der Waals surface area contributed by atoms with Crippen LogP contribution in [0.5, 0.6) is 0 Å². The number of thioether (sulfide) groups is 1. The number of unbranched alkanes of at least 4 members (excludes halogenated alkanes) is 1. The summed E-state index contributed by atoms with van der Waals surface area (Å²) in [5.74, 6) is 0.260. The van der Waals surface area contributed by atoms with Crippen molar-refractivity contribution in [3.8, 4) is 0 Å². The van der Waals surface area contributed by atoms with E-state index in [0.29, 0.717) is 76.7 Å². The van der Waals surface area contributed by atoms with Crippen molar-refractivity contribution in [1.82, 2.24) is 31.6 Å². The molecule has 18 heteroatoms. The number of nitrogens with zero attached hydrogens (tertiary/aromatic N) is 1. The van der Waals surface area contributed by atoms with Gasteiger partial charge in [-0.3, -0.25) is 19.2 Å². The number of urea groups is 1. The normalized spacial score (nSPS) is 20.0. The summed E-state index contributed by atoms with van der Waals surface area (Å²) in [5.41, 5.74) is 1.81. The molecule has 0 spiro atoms. The van der Waals surface area contributed by atoms with E-state index in [1.54, 1.807) is 18.2 Å². The van der Waals surface area contributed by atoms with Gasteiger partial charge in [0.2, 0.25) is 11.8 Å². The fraction of sp³-hybridized carbons (Fsp3) is 0.659. The first kappa shape index (κ1) is 50.2. The highest BCUT2D eigenvalue weighted by molar-refractivity contribution is 9.11. The van der Waals surface area contributed by atoms with Crippen LogP contribution >= 0.6 is 39.0 Å². The summed E-state index contributed by atoms with van der Waals surface area (Å²) in [7, 11) is 0. The molecule has 7 atom stereocenters. The van der Waals surface area contributed by atoms with Gasteiger partial charge in [-0.2, -0.15) is 11.8 Å². The van der Waals surface area contributed by atoms with Crippen molar-refractivity contribution in [3.05, 3.63) is 50.4 Å². The predicted molar refractivity (Wildman–Crippen MR) is 235 cm³/mol. The molecule has 3 rings (SSSR count). The van der Waals surface area contributed by atoms with E-state index in [-0.39, 0.29) is 66.9 Å². The van der Waals surface area contributed by atoms with Crippen molar-refractivity contribution in [2.45, 2.75) is 121 Å². The highest BCUT2D eigenvalue weighted by Gasteiger charge is 2.42. The molecule has 0 radical (unpaired) electrons. The Morgan fingerprint density at radius 1 is 1.03 bits per heavy atom. The van der Waals surface area contributed by atoms with Gasteiger partial charge in [0.25, 0.3) is 0 Å². The number of hydrogen-bond donors (Lipinski definition) is 6. The van der Waals surface area contributed by atoms with Crippen molar-refractivity contribution in [2.75, 3.05) is 51.8 Å². The highest BCUT2D eigenvalue weighted by Crippen LogP contribution is 2.33. The number of halogens is 1. The molecule has 1 aromatic heterocycles. The minimum Gasteiger partial charge on any atom is -0.462 e. The monoisotopic (exact) mass is 926 g/mol. The Hall–Kier alpha value is -3.13. The van der Waals surface area contributed by atoms with Crippen LogP contribution in [0.25, 0.3) is 0 Å². The lowest BCUT2D eigenvalue weighted by Crippen LogP contribution is -2.42. The van der Waals surface area contributed by atoms with Gasteiger partial charge in [0.15, 0.2) is 0 Å². The molecule has 330 valence electrons. The second kappa shape index (κ2) is 28.4. The molecule has 2 aliphatic rings. The Kier molecular flexibility index (Phi) is 24.2. The molecular weight excluding hydrogens is 865 g/mol. The van der Waals surface area contributed by atoms with Gasteiger partial charge in [-0.25, -0.2) is 9.78 Å². The number of ether oxygens (including phenoxy) is 3. The largest absolute Gasteiger partial charge is 0.462 e. The number of rotatable bonds is 30. The zero-order valence-electron chi connectivity index (χ0n) is 34.7. The maximum atomic E-state index is 13.0. The molecule has 0 aromatic carbocycles. The maximum absolute atomic E-state index is 13.0. The molecule has 6 N–H and O–H groups in total. The van der Waals surface area contributed by atoms with E-state index in [2.05, 4.69) is 42.5 Å². The Labute approximate surface area is 365 Å². The number of amides is 4. The SMILES string of the molecule is C/C(Br)=C\[C@@H](O)Cc1nc([C@@H](C)C[C@H](CC(=O)OC(C)C/C(C)=C/C=C\C=O)NCC(=O)NCCOCCOCCNC(=O)CCCCC2SC[C@@H]3NC(=O)N[C@H]23)cs1. The van der Waals surface area contributed by atoms with E-state index in [0.717, 1.165) is 45.8 Å². The number of hydrogen-bond acceptors (Lipinski definition) is 13. The van der Waals surface area contributed by atoms with Crippen LogP contribution in [0.2, 0.25) is 0 Å². The summed E-state index contributed by atoms with van der Waals surface area (Å²) in [6.45, 7) is 9.66. The quantitative estimate of drug-likeness (QED) is 0.0161. The third-order valence-corrected chi connectivity index (χ3v) is 12.2. The van der Waals surface area contributed by atoms with E-state index < -0.39 is 6.10 Å². The zero-order chi connectivity index (χ0) is 43.0. The number of allylic oxidation sites excluding steroid dienone is 4. The average molecular weight is 928 g/mol. The number of carbonyl (C=O) groups excluding carboxylic acids is 5. The Balaban J connectivity index is 1.30. The fourth-order valence-electron chi connectivity index (χ4n) is 6.75. The van der Waals surface area contributed by atoms with Crippen molar-refractivity contribution in [3.63, 3.8) is 0 Å². The second-order valence-electron chi connectivity index (χ2n) is 14.9. The van der Waals surface area contributed by atoms with E-state index in [1.807, 2.05) is 44.8 Å². The molecule has 0 bridgehead atoms. The van der Waals surface area contributed by atoms with Crippen LogP contribution in [0, 0.1) is 0 Å². The number of aliphatic hydroxyl groups is 1. The Morgan fingerprint density at radius 3 is 2.47 bits per heavy atom. The number of nitrogens with one attached hydrogen (secondary N) is 5. The first-order valence-electron chi connectivity index (χ1n) is 20.4. The number of aliphatic hydroxyl groups excluding tert-OH is 1. The van der Waals surface area contributed by atoms with Gasteiger partial charge in [-0.15, -0.1) is 11.3 Å². The number of esters is 1. The highest BCUT2D eigenvalue weighted by atomic mass is 79.9. The van der Waals surface area contributed by atoms with Crippen molar-refractivity contribution in [2.24, 2.45) is 0 Å². The number of thiazole rings is 1. The van der Waals surface area contributed by atoms with Crippen LogP contribution in [0.3, 0.4) is 0 Å². The second-order valence-corrected chi connectivity index (χ2v) is 18.4. The van der Waals surface area contributed by atoms with Gasteiger partial charge in [-0.05, 0) is 56.7 Å². The van der Waals surface area contributed by atoms with Crippen molar-refractivity contribution in [1.29, 1.82) is 0 Å². The molecule has 2 aliphatic heterocycles. The Morgan fingerprint density at radius 2 is 1.76 bits per heavy atom. The number of aldehydes is 1. The average Bonchev–Trinajstić information content (AvgIpc) is 3.89. The molecule has 1 aromatic rings. The number of carbonyl (C=O) groups is 5. The van der Waals surface area contributed by atoms with E-state index in [4.69, 9.17) is 19.2 Å². The van der Waals surface area contributed by atoms with Gasteiger partial charge in [0.1, 0.15) is 12.4 Å². The molecule has 2 fully saturated rings.